The maximum atomic E-state index is 13.0. The second-order valence-electron chi connectivity index (χ2n) is 6.48. The van der Waals surface area contributed by atoms with Crippen molar-refractivity contribution < 1.29 is 4.79 Å². The first-order chi connectivity index (χ1) is 13.5. The van der Waals surface area contributed by atoms with Gasteiger partial charge in [0.05, 0.1) is 10.2 Å². The highest BCUT2D eigenvalue weighted by Gasteiger charge is 2.18. The summed E-state index contributed by atoms with van der Waals surface area (Å²) in [7, 11) is 3.98. The van der Waals surface area contributed by atoms with Crippen molar-refractivity contribution in [3.8, 4) is 0 Å². The molecule has 1 aromatic heterocycles. The lowest BCUT2D eigenvalue weighted by molar-refractivity contribution is -0.114. The Kier molecular flexibility index (Phi) is 7.13. The van der Waals surface area contributed by atoms with Gasteiger partial charge in [-0.25, -0.2) is 4.98 Å². The lowest BCUT2D eigenvalue weighted by atomic mass is 10.2. The Balaban J connectivity index is 1.90. The molecular weight excluding hydrogens is 410 g/mol. The van der Waals surface area contributed by atoms with Gasteiger partial charge >= 0.3 is 0 Å². The molecule has 3 rings (SSSR count). The number of hydrogen-bond acceptors (Lipinski definition) is 5. The van der Waals surface area contributed by atoms with Gasteiger partial charge in [0.15, 0.2) is 5.13 Å². The fraction of sp³-hybridized carbons (Fsp3) is 0.238. The van der Waals surface area contributed by atoms with Crippen LogP contribution in [0.3, 0.4) is 0 Å². The Bertz CT molecular complexity index is 1000. The van der Waals surface area contributed by atoms with Crippen molar-refractivity contribution in [3.63, 3.8) is 0 Å². The third-order valence-electron chi connectivity index (χ3n) is 4.16. The van der Waals surface area contributed by atoms with E-state index >= 15 is 0 Å². The number of thioether (sulfide) groups is 1. The molecule has 0 bridgehead atoms. The van der Waals surface area contributed by atoms with Crippen molar-refractivity contribution in [2.24, 2.45) is 0 Å². The number of thiazole rings is 1. The summed E-state index contributed by atoms with van der Waals surface area (Å²) in [5.74, 6) is -0.106. The van der Waals surface area contributed by atoms with Gasteiger partial charge in [0.2, 0.25) is 0 Å². The Morgan fingerprint density at radius 1 is 1.21 bits per heavy atom. The summed E-state index contributed by atoms with van der Waals surface area (Å²) in [6.45, 7) is 1.31. The highest BCUT2D eigenvalue weighted by atomic mass is 35.5. The Morgan fingerprint density at radius 2 is 2.00 bits per heavy atom. The molecule has 0 radical (unpaired) electrons. The number of benzene rings is 2. The summed E-state index contributed by atoms with van der Waals surface area (Å²) in [6, 6.07) is 13.7. The minimum absolute atomic E-state index is 0.106. The summed E-state index contributed by atoms with van der Waals surface area (Å²) in [4.78, 5) is 22.6. The van der Waals surface area contributed by atoms with Gasteiger partial charge in [-0.15, -0.1) is 11.8 Å². The molecule has 4 nitrogen and oxygen atoms in total. The van der Waals surface area contributed by atoms with E-state index in [9.17, 15) is 4.79 Å². The zero-order valence-corrected chi connectivity index (χ0v) is 18.4. The van der Waals surface area contributed by atoms with E-state index in [4.69, 9.17) is 16.6 Å². The standard InChI is InChI=1S/C21H22ClN3OS2/c1-24(2)12-13-25(20(26)11-8-15-6-4-5-7-17(15)22)21-23-18-10-9-16(27-3)14-19(18)28-21/h4-11,14H,12-13H2,1-3H3/b11-8+. The molecule has 1 heterocycles. The van der Waals surface area contributed by atoms with Crippen LogP contribution >= 0.6 is 34.7 Å². The first-order valence-corrected chi connectivity index (χ1v) is 11.2. The normalized spacial score (nSPS) is 11.6. The summed E-state index contributed by atoms with van der Waals surface area (Å²) < 4.78 is 1.08. The predicted octanol–water partition coefficient (Wildman–Crippen LogP) is 5.28. The monoisotopic (exact) mass is 431 g/mol. The molecule has 0 aliphatic carbocycles. The molecule has 0 saturated heterocycles. The molecule has 1 amide bonds. The number of aromatic nitrogens is 1. The van der Waals surface area contributed by atoms with E-state index in [1.165, 1.54) is 4.90 Å². The molecule has 146 valence electrons. The molecule has 0 N–H and O–H groups in total. The predicted molar refractivity (Wildman–Crippen MR) is 123 cm³/mol. The van der Waals surface area contributed by atoms with E-state index in [0.717, 1.165) is 22.3 Å². The van der Waals surface area contributed by atoms with Crippen LogP contribution in [-0.4, -0.2) is 49.2 Å². The molecule has 28 heavy (non-hydrogen) atoms. The second kappa shape index (κ2) is 9.56. The average molecular weight is 432 g/mol. The van der Waals surface area contributed by atoms with Gasteiger partial charge in [-0.3, -0.25) is 9.69 Å². The van der Waals surface area contributed by atoms with Crippen molar-refractivity contribution in [2.75, 3.05) is 38.3 Å². The van der Waals surface area contributed by atoms with Gasteiger partial charge in [0, 0.05) is 29.1 Å². The van der Waals surface area contributed by atoms with E-state index in [2.05, 4.69) is 23.3 Å². The summed E-state index contributed by atoms with van der Waals surface area (Å²) >= 11 is 9.43. The van der Waals surface area contributed by atoms with E-state index in [1.54, 1.807) is 40.2 Å². The molecule has 0 spiro atoms. The quantitative estimate of drug-likeness (QED) is 0.376. The van der Waals surface area contributed by atoms with E-state index in [-0.39, 0.29) is 5.91 Å². The highest BCUT2D eigenvalue weighted by molar-refractivity contribution is 7.98. The SMILES string of the molecule is CSc1ccc2nc(N(CCN(C)C)C(=O)/C=C/c3ccccc3Cl)sc2c1. The third kappa shape index (κ3) is 5.14. The largest absolute Gasteiger partial charge is 0.308 e. The molecule has 3 aromatic rings. The van der Waals surface area contributed by atoms with Gasteiger partial charge in [-0.2, -0.15) is 0 Å². The van der Waals surface area contributed by atoms with Crippen LogP contribution in [0, 0.1) is 0 Å². The Morgan fingerprint density at radius 3 is 2.71 bits per heavy atom. The number of fused-ring (bicyclic) bond motifs is 1. The van der Waals surface area contributed by atoms with Crippen molar-refractivity contribution in [2.45, 2.75) is 4.90 Å². The van der Waals surface area contributed by atoms with Crippen LogP contribution in [-0.2, 0) is 4.79 Å². The van der Waals surface area contributed by atoms with Gasteiger partial charge < -0.3 is 4.90 Å². The van der Waals surface area contributed by atoms with Crippen molar-refractivity contribution in [3.05, 3.63) is 59.1 Å². The van der Waals surface area contributed by atoms with E-state index in [0.29, 0.717) is 16.7 Å². The highest BCUT2D eigenvalue weighted by Crippen LogP contribution is 2.31. The molecule has 0 unspecified atom stereocenters. The fourth-order valence-electron chi connectivity index (χ4n) is 2.60. The van der Waals surface area contributed by atoms with Crippen LogP contribution in [0.1, 0.15) is 5.56 Å². The number of carbonyl (C=O) groups excluding carboxylic acids is 1. The first-order valence-electron chi connectivity index (χ1n) is 8.81. The number of rotatable bonds is 7. The third-order valence-corrected chi connectivity index (χ3v) is 6.27. The summed E-state index contributed by atoms with van der Waals surface area (Å²) in [5.41, 5.74) is 1.73. The molecule has 0 atom stereocenters. The van der Waals surface area contributed by atoms with E-state index in [1.807, 2.05) is 44.4 Å². The van der Waals surface area contributed by atoms with Crippen LogP contribution in [0.15, 0.2) is 53.4 Å². The summed E-state index contributed by atoms with van der Waals surface area (Å²) in [5, 5.41) is 1.33. The lowest BCUT2D eigenvalue weighted by Crippen LogP contribution is -2.35. The van der Waals surface area contributed by atoms with Crippen molar-refractivity contribution >= 4 is 62.0 Å². The Hall–Kier alpha value is -1.86. The molecule has 2 aromatic carbocycles. The maximum Gasteiger partial charge on any atom is 0.252 e. The van der Waals surface area contributed by atoms with Crippen molar-refractivity contribution in [1.82, 2.24) is 9.88 Å². The molecule has 0 fully saturated rings. The average Bonchev–Trinajstić information content (AvgIpc) is 3.09. The number of anilines is 1. The van der Waals surface area contributed by atoms with Crippen LogP contribution in [0.2, 0.25) is 5.02 Å². The number of likely N-dealkylation sites (N-methyl/N-ethyl adjacent to an activating group) is 1. The lowest BCUT2D eigenvalue weighted by Gasteiger charge is -2.20. The number of carbonyl (C=O) groups is 1. The second-order valence-corrected chi connectivity index (χ2v) is 8.77. The summed E-state index contributed by atoms with van der Waals surface area (Å²) in [6.07, 6.45) is 5.37. The van der Waals surface area contributed by atoms with Gasteiger partial charge in [0.1, 0.15) is 0 Å². The maximum absolute atomic E-state index is 13.0. The van der Waals surface area contributed by atoms with Crippen LogP contribution < -0.4 is 4.90 Å². The zero-order chi connectivity index (χ0) is 20.1. The number of hydrogen-bond donors (Lipinski definition) is 0. The molecular formula is C21H22ClN3OS2. The Labute approximate surface area is 178 Å². The smallest absolute Gasteiger partial charge is 0.252 e. The zero-order valence-electron chi connectivity index (χ0n) is 16.1. The van der Waals surface area contributed by atoms with Crippen LogP contribution in [0.4, 0.5) is 5.13 Å². The topological polar surface area (TPSA) is 36.4 Å². The molecule has 0 saturated carbocycles. The minimum atomic E-state index is -0.106. The van der Waals surface area contributed by atoms with Crippen LogP contribution in [0.5, 0.6) is 0 Å². The number of nitrogens with zero attached hydrogens (tertiary/aromatic N) is 3. The first kappa shape index (κ1) is 20.9. The number of halogens is 1. The fourth-order valence-corrected chi connectivity index (χ4v) is 4.35. The van der Waals surface area contributed by atoms with E-state index < -0.39 is 0 Å². The van der Waals surface area contributed by atoms with Crippen molar-refractivity contribution in [1.29, 1.82) is 0 Å². The molecule has 7 heteroatoms. The number of amides is 1. The van der Waals surface area contributed by atoms with Gasteiger partial charge in [-0.05, 0) is 56.3 Å². The van der Waals surface area contributed by atoms with Crippen LogP contribution in [0.25, 0.3) is 16.3 Å². The molecule has 0 aliphatic rings. The van der Waals surface area contributed by atoms with Gasteiger partial charge in [-0.1, -0.05) is 41.1 Å². The molecule has 0 aliphatic heterocycles. The van der Waals surface area contributed by atoms with Gasteiger partial charge in [0.25, 0.3) is 5.91 Å². The minimum Gasteiger partial charge on any atom is -0.308 e.